The molecule has 1 heterocycles. The first kappa shape index (κ1) is 11.3. The van der Waals surface area contributed by atoms with Crippen molar-refractivity contribution >= 4 is 0 Å². The zero-order chi connectivity index (χ0) is 13.0. The van der Waals surface area contributed by atoms with Crippen molar-refractivity contribution in [2.24, 2.45) is 23.7 Å². The first-order chi connectivity index (χ1) is 9.26. The van der Waals surface area contributed by atoms with Crippen LogP contribution < -0.4 is 0 Å². The SMILES string of the molecule is N#Cc1ncnc(C2C3CC4CC(C3)CC2C4)c1F. The summed E-state index contributed by atoms with van der Waals surface area (Å²) in [6.07, 6.45) is 7.63. The maximum atomic E-state index is 14.3. The monoisotopic (exact) mass is 257 g/mol. The predicted octanol–water partition coefficient (Wildman–Crippen LogP) is 3.03. The van der Waals surface area contributed by atoms with E-state index in [1.807, 2.05) is 6.07 Å². The minimum atomic E-state index is -0.470. The zero-order valence-electron chi connectivity index (χ0n) is 10.7. The molecule has 0 radical (unpaired) electrons. The molecule has 0 aliphatic heterocycles. The molecular formula is C15H16FN3. The van der Waals surface area contributed by atoms with Gasteiger partial charge in [0.2, 0.25) is 0 Å². The van der Waals surface area contributed by atoms with Crippen molar-refractivity contribution in [1.82, 2.24) is 9.97 Å². The quantitative estimate of drug-likeness (QED) is 0.777. The van der Waals surface area contributed by atoms with Gasteiger partial charge < -0.3 is 0 Å². The molecule has 4 fully saturated rings. The van der Waals surface area contributed by atoms with Crippen LogP contribution in [0.2, 0.25) is 0 Å². The average molecular weight is 257 g/mol. The molecule has 1 aromatic rings. The normalized spacial score (nSPS) is 39.3. The van der Waals surface area contributed by atoms with Crippen molar-refractivity contribution in [2.45, 2.75) is 38.0 Å². The van der Waals surface area contributed by atoms with E-state index in [9.17, 15) is 4.39 Å². The van der Waals surface area contributed by atoms with Gasteiger partial charge in [-0.3, -0.25) is 0 Å². The second-order valence-corrected chi connectivity index (χ2v) is 6.49. The van der Waals surface area contributed by atoms with Crippen LogP contribution in [0, 0.1) is 40.8 Å². The van der Waals surface area contributed by atoms with Gasteiger partial charge in [0.25, 0.3) is 0 Å². The summed E-state index contributed by atoms with van der Waals surface area (Å²) in [4.78, 5) is 7.92. The Morgan fingerprint density at radius 3 is 2.26 bits per heavy atom. The molecule has 0 unspecified atom stereocenters. The molecule has 4 saturated carbocycles. The van der Waals surface area contributed by atoms with E-state index in [1.54, 1.807) is 0 Å². The Labute approximate surface area is 111 Å². The van der Waals surface area contributed by atoms with Crippen molar-refractivity contribution in [3.05, 3.63) is 23.5 Å². The second kappa shape index (κ2) is 4.00. The van der Waals surface area contributed by atoms with E-state index in [0.717, 1.165) is 11.8 Å². The van der Waals surface area contributed by atoms with Crippen molar-refractivity contribution < 1.29 is 4.39 Å². The minimum Gasteiger partial charge on any atom is -0.238 e. The Kier molecular flexibility index (Phi) is 2.38. The van der Waals surface area contributed by atoms with Gasteiger partial charge >= 0.3 is 0 Å². The van der Waals surface area contributed by atoms with Crippen molar-refractivity contribution in [3.8, 4) is 6.07 Å². The number of hydrogen-bond acceptors (Lipinski definition) is 3. The van der Waals surface area contributed by atoms with E-state index in [1.165, 1.54) is 38.4 Å². The first-order valence-electron chi connectivity index (χ1n) is 7.16. The molecule has 0 amide bonds. The lowest BCUT2D eigenvalue weighted by Crippen LogP contribution is -2.44. The summed E-state index contributed by atoms with van der Waals surface area (Å²) < 4.78 is 14.3. The fourth-order valence-electron chi connectivity index (χ4n) is 5.07. The molecule has 19 heavy (non-hydrogen) atoms. The molecule has 0 saturated heterocycles. The number of nitriles is 1. The van der Waals surface area contributed by atoms with Crippen molar-refractivity contribution in [1.29, 1.82) is 5.26 Å². The van der Waals surface area contributed by atoms with E-state index < -0.39 is 5.82 Å². The third-order valence-corrected chi connectivity index (χ3v) is 5.46. The van der Waals surface area contributed by atoms with Gasteiger partial charge in [-0.1, -0.05) is 0 Å². The van der Waals surface area contributed by atoms with Gasteiger partial charge in [0.1, 0.15) is 12.4 Å². The third-order valence-electron chi connectivity index (χ3n) is 5.46. The lowest BCUT2D eigenvalue weighted by Gasteiger charge is -2.54. The first-order valence-corrected chi connectivity index (χ1v) is 7.16. The molecule has 0 spiro atoms. The molecule has 3 nitrogen and oxygen atoms in total. The summed E-state index contributed by atoms with van der Waals surface area (Å²) in [7, 11) is 0. The van der Waals surface area contributed by atoms with Crippen molar-refractivity contribution in [2.75, 3.05) is 0 Å². The predicted molar refractivity (Wildman–Crippen MR) is 66.5 cm³/mol. The molecule has 0 N–H and O–H groups in total. The Balaban J connectivity index is 1.75. The Morgan fingerprint density at radius 1 is 1.05 bits per heavy atom. The van der Waals surface area contributed by atoms with Crippen LogP contribution in [0.4, 0.5) is 4.39 Å². The average Bonchev–Trinajstić information content (AvgIpc) is 2.39. The summed E-state index contributed by atoms with van der Waals surface area (Å²) >= 11 is 0. The molecular weight excluding hydrogens is 241 g/mol. The second-order valence-electron chi connectivity index (χ2n) is 6.49. The molecule has 5 rings (SSSR count). The zero-order valence-corrected chi connectivity index (χ0v) is 10.7. The summed E-state index contributed by atoms with van der Waals surface area (Å²) in [6.45, 7) is 0. The van der Waals surface area contributed by atoms with Crippen LogP contribution in [-0.4, -0.2) is 9.97 Å². The summed E-state index contributed by atoms with van der Waals surface area (Å²) in [6, 6.07) is 1.83. The van der Waals surface area contributed by atoms with E-state index in [4.69, 9.17) is 5.26 Å². The fraction of sp³-hybridized carbons (Fsp3) is 0.667. The van der Waals surface area contributed by atoms with Crippen molar-refractivity contribution in [3.63, 3.8) is 0 Å². The molecule has 1 aromatic heterocycles. The number of hydrogen-bond donors (Lipinski definition) is 0. The van der Waals surface area contributed by atoms with Gasteiger partial charge in [-0.2, -0.15) is 5.26 Å². The lowest BCUT2D eigenvalue weighted by atomic mass is 9.51. The Morgan fingerprint density at radius 2 is 1.68 bits per heavy atom. The third kappa shape index (κ3) is 1.60. The van der Waals surface area contributed by atoms with Gasteiger partial charge in [-0.15, -0.1) is 0 Å². The van der Waals surface area contributed by atoms with E-state index in [0.29, 0.717) is 17.5 Å². The standard InChI is InChI=1S/C15H16FN3/c16-14-12(6-17)18-7-19-15(14)13-10-2-8-1-9(4-10)5-11(13)3-8/h7-11,13H,1-5H2. The number of rotatable bonds is 1. The highest BCUT2D eigenvalue weighted by Crippen LogP contribution is 2.59. The van der Waals surface area contributed by atoms with Crippen LogP contribution in [0.15, 0.2) is 6.33 Å². The topological polar surface area (TPSA) is 49.6 Å². The highest BCUT2D eigenvalue weighted by Gasteiger charge is 2.49. The Bertz CT molecular complexity index is 535. The summed E-state index contributed by atoms with van der Waals surface area (Å²) in [5.41, 5.74) is 0.416. The fourth-order valence-corrected chi connectivity index (χ4v) is 5.07. The smallest absolute Gasteiger partial charge is 0.181 e. The van der Waals surface area contributed by atoms with Gasteiger partial charge in [0, 0.05) is 5.92 Å². The number of halogens is 1. The van der Waals surface area contributed by atoms with Gasteiger partial charge in [0.15, 0.2) is 11.5 Å². The molecule has 4 heteroatoms. The molecule has 0 atom stereocenters. The van der Waals surface area contributed by atoms with E-state index in [-0.39, 0.29) is 11.6 Å². The van der Waals surface area contributed by atoms with Crippen LogP contribution in [0.5, 0.6) is 0 Å². The van der Waals surface area contributed by atoms with Gasteiger partial charge in [-0.25, -0.2) is 14.4 Å². The van der Waals surface area contributed by atoms with Crippen LogP contribution >= 0.6 is 0 Å². The van der Waals surface area contributed by atoms with Crippen LogP contribution in [0.25, 0.3) is 0 Å². The molecule has 4 bridgehead atoms. The Hall–Kier alpha value is -1.50. The maximum absolute atomic E-state index is 14.3. The van der Waals surface area contributed by atoms with E-state index in [2.05, 4.69) is 9.97 Å². The van der Waals surface area contributed by atoms with Gasteiger partial charge in [0.05, 0.1) is 5.69 Å². The van der Waals surface area contributed by atoms with Crippen LogP contribution in [0.1, 0.15) is 49.4 Å². The largest absolute Gasteiger partial charge is 0.238 e. The molecule has 4 aliphatic carbocycles. The maximum Gasteiger partial charge on any atom is 0.181 e. The summed E-state index contributed by atoms with van der Waals surface area (Å²) in [5, 5.41) is 8.91. The van der Waals surface area contributed by atoms with Crippen LogP contribution in [-0.2, 0) is 0 Å². The lowest BCUT2D eigenvalue weighted by molar-refractivity contribution is -0.00544. The van der Waals surface area contributed by atoms with Gasteiger partial charge in [-0.05, 0) is 55.8 Å². The minimum absolute atomic E-state index is 0.0983. The summed E-state index contributed by atoms with van der Waals surface area (Å²) in [5.74, 6) is 2.63. The molecule has 98 valence electrons. The number of nitrogens with zero attached hydrogens (tertiary/aromatic N) is 3. The highest BCUT2D eigenvalue weighted by atomic mass is 19.1. The molecule has 0 aromatic carbocycles. The highest BCUT2D eigenvalue weighted by molar-refractivity contribution is 5.28. The molecule has 4 aliphatic rings. The van der Waals surface area contributed by atoms with E-state index >= 15 is 0 Å². The number of aromatic nitrogens is 2. The van der Waals surface area contributed by atoms with Crippen LogP contribution in [0.3, 0.4) is 0 Å².